The number of benzene rings is 3. The number of hydrogen-bond donors (Lipinski definition) is 1. The Hall–Kier alpha value is -2.74. The van der Waals surface area contributed by atoms with Crippen LogP contribution in [0.15, 0.2) is 70.2 Å². The molecule has 3 aromatic carbocycles. The van der Waals surface area contributed by atoms with Crippen molar-refractivity contribution in [1.82, 2.24) is 5.43 Å². The monoisotopic (exact) mass is 482 g/mol. The van der Waals surface area contributed by atoms with Crippen LogP contribution in [0.5, 0.6) is 5.75 Å². The lowest BCUT2D eigenvalue weighted by molar-refractivity contribution is -0.159. The van der Waals surface area contributed by atoms with Gasteiger partial charge < -0.3 is 14.2 Å². The molecule has 1 heterocycles. The molecule has 0 atom stereocenters. The third kappa shape index (κ3) is 5.50. The van der Waals surface area contributed by atoms with Gasteiger partial charge in [-0.3, -0.25) is 4.79 Å². The van der Waals surface area contributed by atoms with Crippen LogP contribution in [-0.4, -0.2) is 31.1 Å². The van der Waals surface area contributed by atoms with Crippen LogP contribution in [0.4, 0.5) is 0 Å². The molecule has 1 saturated heterocycles. The summed E-state index contributed by atoms with van der Waals surface area (Å²) >= 11 is 3.55. The van der Waals surface area contributed by atoms with E-state index in [4.69, 9.17) is 14.2 Å². The summed E-state index contributed by atoms with van der Waals surface area (Å²) < 4.78 is 17.7. The number of nitrogens with zero attached hydrogens (tertiary/aromatic N) is 1. The Labute approximate surface area is 189 Å². The summed E-state index contributed by atoms with van der Waals surface area (Å²) in [6, 6.07) is 20.1. The Kier molecular flexibility index (Phi) is 6.65. The molecule has 1 aliphatic rings. The Morgan fingerprint density at radius 2 is 1.94 bits per heavy atom. The molecule has 31 heavy (non-hydrogen) atoms. The number of fused-ring (bicyclic) bond motifs is 1. The van der Waals surface area contributed by atoms with Gasteiger partial charge >= 0.3 is 0 Å². The third-order valence-corrected chi connectivity index (χ3v) is 5.62. The Morgan fingerprint density at radius 1 is 1.16 bits per heavy atom. The van der Waals surface area contributed by atoms with E-state index in [1.54, 1.807) is 13.1 Å². The second kappa shape index (κ2) is 9.60. The molecule has 0 aromatic heterocycles. The molecule has 1 aliphatic heterocycles. The standard InChI is InChI=1S/C24H23BrN2O4/c1-24(30-11-12-31-24)14-23(28)27-26-15-17-9-10-22(21(25)13-17)29-16-19-7-4-6-18-5-2-3-8-20(18)19/h2-10,13,15H,11-12,14,16H2,1H3,(H,27,28)/b26-15+. The Morgan fingerprint density at radius 3 is 2.74 bits per heavy atom. The van der Waals surface area contributed by atoms with Crippen molar-refractivity contribution in [2.45, 2.75) is 25.7 Å². The molecule has 0 spiro atoms. The number of hydrogen-bond acceptors (Lipinski definition) is 5. The molecule has 1 amide bonds. The van der Waals surface area contributed by atoms with E-state index >= 15 is 0 Å². The lowest BCUT2D eigenvalue weighted by Gasteiger charge is -2.20. The number of halogens is 1. The summed E-state index contributed by atoms with van der Waals surface area (Å²) in [5.41, 5.74) is 4.46. The summed E-state index contributed by atoms with van der Waals surface area (Å²) in [5.74, 6) is -0.404. The largest absolute Gasteiger partial charge is 0.488 e. The van der Waals surface area contributed by atoms with Crippen molar-refractivity contribution in [3.05, 3.63) is 76.3 Å². The SMILES string of the molecule is CC1(CC(=O)N/N=C/c2ccc(OCc3cccc4ccccc34)c(Br)c2)OCCO1. The summed E-state index contributed by atoms with van der Waals surface area (Å²) in [5, 5.41) is 6.39. The minimum absolute atomic E-state index is 0.0922. The minimum atomic E-state index is -0.869. The molecule has 0 aliphatic carbocycles. The lowest BCUT2D eigenvalue weighted by Crippen LogP contribution is -2.33. The maximum atomic E-state index is 12.0. The van der Waals surface area contributed by atoms with Gasteiger partial charge in [0.2, 0.25) is 5.91 Å². The first-order valence-corrected chi connectivity index (χ1v) is 10.8. The second-order valence-electron chi connectivity index (χ2n) is 7.42. The van der Waals surface area contributed by atoms with Crippen LogP contribution in [-0.2, 0) is 20.9 Å². The van der Waals surface area contributed by atoms with E-state index in [0.717, 1.165) is 21.3 Å². The normalized spacial score (nSPS) is 15.4. The Bertz CT molecular complexity index is 1100. The van der Waals surface area contributed by atoms with Gasteiger partial charge in [-0.25, -0.2) is 5.43 Å². The zero-order valence-electron chi connectivity index (χ0n) is 17.1. The number of carbonyl (C=O) groups excluding carboxylic acids is 1. The number of rotatable bonds is 7. The highest BCUT2D eigenvalue weighted by Gasteiger charge is 2.33. The van der Waals surface area contributed by atoms with Gasteiger partial charge in [-0.1, -0.05) is 42.5 Å². The molecule has 6 nitrogen and oxygen atoms in total. The minimum Gasteiger partial charge on any atom is -0.488 e. The van der Waals surface area contributed by atoms with Crippen molar-refractivity contribution in [1.29, 1.82) is 0 Å². The average Bonchev–Trinajstić information content (AvgIpc) is 3.19. The molecule has 0 saturated carbocycles. The van der Waals surface area contributed by atoms with Gasteiger partial charge in [-0.2, -0.15) is 5.10 Å². The van der Waals surface area contributed by atoms with Gasteiger partial charge in [0.15, 0.2) is 5.79 Å². The van der Waals surface area contributed by atoms with E-state index < -0.39 is 5.79 Å². The first-order valence-electron chi connectivity index (χ1n) is 10.0. The molecule has 1 fully saturated rings. The van der Waals surface area contributed by atoms with E-state index in [1.165, 1.54) is 10.8 Å². The van der Waals surface area contributed by atoms with E-state index in [9.17, 15) is 4.79 Å². The lowest BCUT2D eigenvalue weighted by atomic mass is 10.1. The smallest absolute Gasteiger partial charge is 0.245 e. The van der Waals surface area contributed by atoms with E-state index in [2.05, 4.69) is 50.7 Å². The van der Waals surface area contributed by atoms with Crippen molar-refractivity contribution in [2.75, 3.05) is 13.2 Å². The van der Waals surface area contributed by atoms with Gasteiger partial charge in [0.05, 0.1) is 30.3 Å². The van der Waals surface area contributed by atoms with E-state index in [1.807, 2.05) is 36.4 Å². The predicted octanol–water partition coefficient (Wildman–Crippen LogP) is 4.78. The maximum absolute atomic E-state index is 12.0. The molecule has 4 rings (SSSR count). The van der Waals surface area contributed by atoms with Gasteiger partial charge in [0.25, 0.3) is 0 Å². The molecule has 7 heteroatoms. The molecule has 3 aromatic rings. The summed E-state index contributed by atoms with van der Waals surface area (Å²) in [6.45, 7) is 3.20. The highest BCUT2D eigenvalue weighted by atomic mass is 79.9. The highest BCUT2D eigenvalue weighted by Crippen LogP contribution is 2.28. The maximum Gasteiger partial charge on any atom is 0.245 e. The Balaban J connectivity index is 1.34. The average molecular weight is 483 g/mol. The van der Waals surface area contributed by atoms with Crippen molar-refractivity contribution in [2.24, 2.45) is 5.10 Å². The van der Waals surface area contributed by atoms with Gasteiger partial charge in [0, 0.05) is 0 Å². The first-order chi connectivity index (χ1) is 15.0. The fourth-order valence-corrected chi connectivity index (χ4v) is 3.97. The van der Waals surface area contributed by atoms with Crippen LogP contribution in [0.25, 0.3) is 10.8 Å². The highest BCUT2D eigenvalue weighted by molar-refractivity contribution is 9.10. The van der Waals surface area contributed by atoms with Crippen LogP contribution < -0.4 is 10.2 Å². The zero-order chi connectivity index (χ0) is 21.7. The number of nitrogens with one attached hydrogen (secondary N) is 1. The van der Waals surface area contributed by atoms with Gasteiger partial charge in [0.1, 0.15) is 12.4 Å². The first kappa shape index (κ1) is 21.5. The van der Waals surface area contributed by atoms with E-state index in [-0.39, 0.29) is 12.3 Å². The molecule has 0 bridgehead atoms. The van der Waals surface area contributed by atoms with Crippen LogP contribution in [0.2, 0.25) is 0 Å². The second-order valence-corrected chi connectivity index (χ2v) is 8.27. The van der Waals surface area contributed by atoms with Crippen molar-refractivity contribution in [3.63, 3.8) is 0 Å². The number of amides is 1. The summed E-state index contributed by atoms with van der Waals surface area (Å²) in [6.07, 6.45) is 1.67. The van der Waals surface area contributed by atoms with Crippen LogP contribution >= 0.6 is 15.9 Å². The fourth-order valence-electron chi connectivity index (χ4n) is 3.46. The molecule has 0 radical (unpaired) electrons. The topological polar surface area (TPSA) is 69.2 Å². The quantitative estimate of drug-likeness (QED) is 0.388. The van der Waals surface area contributed by atoms with Crippen molar-refractivity contribution < 1.29 is 19.0 Å². The van der Waals surface area contributed by atoms with Crippen molar-refractivity contribution >= 4 is 38.8 Å². The predicted molar refractivity (Wildman–Crippen MR) is 123 cm³/mol. The molecule has 0 unspecified atom stereocenters. The number of hydrazone groups is 1. The van der Waals surface area contributed by atoms with Crippen LogP contribution in [0.1, 0.15) is 24.5 Å². The fraction of sp³-hybridized carbons (Fsp3) is 0.250. The van der Waals surface area contributed by atoms with Gasteiger partial charge in [-0.05, 0) is 63.0 Å². The summed E-state index contributed by atoms with van der Waals surface area (Å²) in [7, 11) is 0. The van der Waals surface area contributed by atoms with Gasteiger partial charge in [-0.15, -0.1) is 0 Å². The van der Waals surface area contributed by atoms with E-state index in [0.29, 0.717) is 19.8 Å². The molecule has 160 valence electrons. The molecular weight excluding hydrogens is 460 g/mol. The van der Waals surface area contributed by atoms with Crippen LogP contribution in [0.3, 0.4) is 0 Å². The third-order valence-electron chi connectivity index (χ3n) is 5.00. The molecule has 1 N–H and O–H groups in total. The number of ether oxygens (including phenoxy) is 3. The summed E-state index contributed by atoms with van der Waals surface area (Å²) in [4.78, 5) is 12.0. The molecular formula is C24H23BrN2O4. The zero-order valence-corrected chi connectivity index (χ0v) is 18.7. The number of carbonyl (C=O) groups is 1. The van der Waals surface area contributed by atoms with Crippen molar-refractivity contribution in [3.8, 4) is 5.75 Å². The van der Waals surface area contributed by atoms with Crippen LogP contribution in [0, 0.1) is 0 Å².